The standard InChI is InChI=1S/C36H19F2NO7/c37-17-1-5-19(6-2-17)39-33(40)25-13-9-21-23-11-15-27(35(43)44)32-28(36(45)46-20-7-3-18(38)4-8-20)16-12-24(30(23)32)22-10-14-26(34(41)42)31(25)29(21)22/h1-16H,(H,39,40)(H,41,42)(H,43,44). The Labute approximate surface area is 257 Å². The first-order valence-corrected chi connectivity index (χ1v) is 13.8. The first-order chi connectivity index (χ1) is 22.1. The van der Waals surface area contributed by atoms with Crippen LogP contribution in [0, 0.1) is 11.6 Å². The molecule has 0 saturated heterocycles. The van der Waals surface area contributed by atoms with Crippen molar-refractivity contribution in [2.75, 3.05) is 5.32 Å². The molecule has 0 aliphatic heterocycles. The van der Waals surface area contributed by atoms with E-state index in [-0.39, 0.29) is 38.8 Å². The number of carboxylic acids is 2. The van der Waals surface area contributed by atoms with Gasteiger partial charge in [0.25, 0.3) is 5.91 Å². The van der Waals surface area contributed by atoms with Gasteiger partial charge in [-0.3, -0.25) is 4.79 Å². The molecule has 224 valence electrons. The van der Waals surface area contributed by atoms with Crippen LogP contribution in [0.4, 0.5) is 14.5 Å². The third kappa shape index (κ3) is 4.51. The lowest BCUT2D eigenvalue weighted by atomic mass is 9.84. The van der Waals surface area contributed by atoms with Crippen LogP contribution in [0.2, 0.25) is 0 Å². The molecule has 7 aromatic carbocycles. The van der Waals surface area contributed by atoms with Crippen LogP contribution in [0.5, 0.6) is 5.75 Å². The number of hydrogen-bond acceptors (Lipinski definition) is 5. The molecule has 0 saturated carbocycles. The molecule has 0 fully saturated rings. The van der Waals surface area contributed by atoms with Crippen LogP contribution in [0.1, 0.15) is 41.4 Å². The van der Waals surface area contributed by atoms with E-state index >= 15 is 0 Å². The molecule has 3 N–H and O–H groups in total. The number of ether oxygens (including phenoxy) is 1. The van der Waals surface area contributed by atoms with Crippen molar-refractivity contribution >= 4 is 72.6 Å². The van der Waals surface area contributed by atoms with Gasteiger partial charge < -0.3 is 20.3 Å². The minimum Gasteiger partial charge on any atom is -0.478 e. The number of anilines is 1. The molecule has 0 aliphatic rings. The predicted molar refractivity (Wildman–Crippen MR) is 167 cm³/mol. The van der Waals surface area contributed by atoms with E-state index in [0.29, 0.717) is 38.0 Å². The number of carbonyl (C=O) groups is 4. The lowest BCUT2D eigenvalue weighted by Crippen LogP contribution is -2.14. The van der Waals surface area contributed by atoms with E-state index in [1.165, 1.54) is 60.7 Å². The highest BCUT2D eigenvalue weighted by Gasteiger charge is 2.26. The molecule has 0 spiro atoms. The zero-order chi connectivity index (χ0) is 32.3. The number of amides is 1. The number of halogens is 2. The van der Waals surface area contributed by atoms with Crippen molar-refractivity contribution in [2.45, 2.75) is 0 Å². The van der Waals surface area contributed by atoms with Gasteiger partial charge >= 0.3 is 17.9 Å². The summed E-state index contributed by atoms with van der Waals surface area (Å²) in [5.74, 6) is -4.98. The van der Waals surface area contributed by atoms with Crippen LogP contribution in [0.15, 0.2) is 97.1 Å². The third-order valence-electron chi connectivity index (χ3n) is 7.95. The number of aromatic carboxylic acids is 2. The fourth-order valence-corrected chi connectivity index (χ4v) is 6.00. The predicted octanol–water partition coefficient (Wildman–Crippen LogP) is 7.88. The summed E-state index contributed by atoms with van der Waals surface area (Å²) in [6.07, 6.45) is 0. The Kier molecular flexibility index (Phi) is 6.56. The molecule has 10 heteroatoms. The maximum Gasteiger partial charge on any atom is 0.344 e. The Hall–Kier alpha value is -6.42. The van der Waals surface area contributed by atoms with Crippen LogP contribution in [-0.2, 0) is 0 Å². The highest BCUT2D eigenvalue weighted by Crippen LogP contribution is 2.44. The summed E-state index contributed by atoms with van der Waals surface area (Å²) >= 11 is 0. The summed E-state index contributed by atoms with van der Waals surface area (Å²) in [6, 6.07) is 22.0. The summed E-state index contributed by atoms with van der Waals surface area (Å²) in [6.45, 7) is 0. The highest BCUT2D eigenvalue weighted by molar-refractivity contribution is 6.38. The second-order valence-electron chi connectivity index (χ2n) is 10.6. The number of nitrogens with one attached hydrogen (secondary N) is 1. The monoisotopic (exact) mass is 615 g/mol. The van der Waals surface area contributed by atoms with E-state index in [4.69, 9.17) is 4.74 Å². The van der Waals surface area contributed by atoms with E-state index in [9.17, 15) is 38.2 Å². The second kappa shape index (κ2) is 10.6. The molecule has 0 unspecified atom stereocenters. The Morgan fingerprint density at radius 3 is 1.39 bits per heavy atom. The molecule has 0 aliphatic carbocycles. The number of hydrogen-bond donors (Lipinski definition) is 3. The van der Waals surface area contributed by atoms with E-state index < -0.39 is 35.4 Å². The maximum atomic E-state index is 13.5. The smallest absolute Gasteiger partial charge is 0.344 e. The van der Waals surface area contributed by atoms with Crippen LogP contribution in [0.3, 0.4) is 0 Å². The van der Waals surface area contributed by atoms with Crippen molar-refractivity contribution in [2.24, 2.45) is 0 Å². The fourth-order valence-electron chi connectivity index (χ4n) is 6.00. The number of fused-ring (bicyclic) bond motifs is 2. The van der Waals surface area contributed by atoms with Crippen molar-refractivity contribution < 1.29 is 42.9 Å². The fraction of sp³-hybridized carbons (Fsp3) is 0. The summed E-state index contributed by atoms with van der Waals surface area (Å²) in [5.41, 5.74) is 0.0262. The number of carbonyl (C=O) groups excluding carboxylic acids is 2. The van der Waals surface area contributed by atoms with Gasteiger partial charge in [-0.15, -0.1) is 0 Å². The highest BCUT2D eigenvalue weighted by atomic mass is 19.1. The average Bonchev–Trinajstić information content (AvgIpc) is 3.04. The van der Waals surface area contributed by atoms with Crippen molar-refractivity contribution in [3.8, 4) is 5.75 Å². The molecule has 0 bridgehead atoms. The van der Waals surface area contributed by atoms with Gasteiger partial charge in [-0.1, -0.05) is 24.3 Å². The summed E-state index contributed by atoms with van der Waals surface area (Å²) in [4.78, 5) is 51.8. The van der Waals surface area contributed by atoms with Crippen LogP contribution in [0.25, 0.3) is 43.1 Å². The molecule has 0 heterocycles. The molecule has 0 aromatic heterocycles. The first-order valence-electron chi connectivity index (χ1n) is 13.8. The van der Waals surface area contributed by atoms with Crippen LogP contribution in [-0.4, -0.2) is 34.0 Å². The van der Waals surface area contributed by atoms with Gasteiger partial charge in [0.1, 0.15) is 17.4 Å². The second-order valence-corrected chi connectivity index (χ2v) is 10.6. The van der Waals surface area contributed by atoms with Gasteiger partial charge in [-0.05, 0) is 105 Å². The van der Waals surface area contributed by atoms with E-state index in [0.717, 1.165) is 12.1 Å². The van der Waals surface area contributed by atoms with Crippen LogP contribution >= 0.6 is 0 Å². The van der Waals surface area contributed by atoms with Gasteiger partial charge in [-0.2, -0.15) is 0 Å². The normalized spacial score (nSPS) is 11.3. The minimum absolute atomic E-state index is 0.0422. The molecular weight excluding hydrogens is 596 g/mol. The van der Waals surface area contributed by atoms with Crippen molar-refractivity contribution in [3.05, 3.63) is 131 Å². The molecule has 7 aromatic rings. The minimum atomic E-state index is -1.29. The largest absolute Gasteiger partial charge is 0.478 e. The number of benzene rings is 7. The van der Waals surface area contributed by atoms with Gasteiger partial charge in [-0.25, -0.2) is 23.2 Å². The van der Waals surface area contributed by atoms with Gasteiger partial charge in [0, 0.05) is 22.0 Å². The number of rotatable bonds is 6. The lowest BCUT2D eigenvalue weighted by Gasteiger charge is -2.19. The van der Waals surface area contributed by atoms with Gasteiger partial charge in [0.05, 0.1) is 16.7 Å². The van der Waals surface area contributed by atoms with E-state index in [1.807, 2.05) is 0 Å². The quantitative estimate of drug-likeness (QED) is 0.0751. The Morgan fingerprint density at radius 1 is 0.500 bits per heavy atom. The average molecular weight is 616 g/mol. The SMILES string of the molecule is O=C(O)c1ccc2c3ccc(C(=O)Oc4ccc(F)cc4)c4c(C(=O)O)ccc(c5ccc(C(=O)Nc6ccc(F)cc6)c1c52)c43. The van der Waals surface area contributed by atoms with E-state index in [1.54, 1.807) is 24.3 Å². The number of esters is 1. The van der Waals surface area contributed by atoms with Gasteiger partial charge in [0.15, 0.2) is 0 Å². The first kappa shape index (κ1) is 28.4. The summed E-state index contributed by atoms with van der Waals surface area (Å²) in [5, 5.41) is 26.2. The van der Waals surface area contributed by atoms with Crippen molar-refractivity contribution in [1.29, 1.82) is 0 Å². The zero-order valence-corrected chi connectivity index (χ0v) is 23.4. The van der Waals surface area contributed by atoms with Crippen molar-refractivity contribution in [1.82, 2.24) is 0 Å². The Balaban J connectivity index is 1.51. The Bertz CT molecular complexity index is 2230. The molecular formula is C36H19F2NO7. The third-order valence-corrected chi connectivity index (χ3v) is 7.95. The van der Waals surface area contributed by atoms with Crippen LogP contribution < -0.4 is 10.1 Å². The Morgan fingerprint density at radius 2 is 0.913 bits per heavy atom. The molecule has 7 rings (SSSR count). The summed E-state index contributed by atoms with van der Waals surface area (Å²) in [7, 11) is 0. The number of carboxylic acid groups (broad SMARTS) is 2. The molecule has 0 atom stereocenters. The molecule has 1 amide bonds. The maximum absolute atomic E-state index is 13.5. The lowest BCUT2D eigenvalue weighted by molar-refractivity contribution is 0.0687. The zero-order valence-electron chi connectivity index (χ0n) is 23.4. The van der Waals surface area contributed by atoms with Gasteiger partial charge in [0.2, 0.25) is 0 Å². The van der Waals surface area contributed by atoms with E-state index in [2.05, 4.69) is 5.32 Å². The van der Waals surface area contributed by atoms with Crippen molar-refractivity contribution in [3.63, 3.8) is 0 Å². The topological polar surface area (TPSA) is 130 Å². The molecule has 8 nitrogen and oxygen atoms in total. The molecule has 0 radical (unpaired) electrons. The molecule has 46 heavy (non-hydrogen) atoms. The summed E-state index contributed by atoms with van der Waals surface area (Å²) < 4.78 is 32.3.